The number of rotatable bonds is 0. The fourth-order valence-electron chi connectivity index (χ4n) is 3.93. The maximum Gasteiger partial charge on any atom is 0.0967 e. The average molecular weight is 417 g/mol. The molecule has 4 aromatic heterocycles. The van der Waals surface area contributed by atoms with Gasteiger partial charge in [0.05, 0.1) is 22.1 Å². The Morgan fingerprint density at radius 2 is 0.500 bits per heavy atom. The van der Waals surface area contributed by atoms with Gasteiger partial charge in [0.1, 0.15) is 0 Å². The van der Waals surface area contributed by atoms with Gasteiger partial charge in [-0.2, -0.15) is 0 Å². The normalized spacial score (nSPS) is 11.1. The van der Waals surface area contributed by atoms with Crippen LogP contribution in [-0.2, 0) is 0 Å². The molecule has 0 aliphatic heterocycles. The molecule has 6 rings (SSSR count). The zero-order valence-electron chi connectivity index (χ0n) is 18.7. The second kappa shape index (κ2) is 7.97. The molecule has 0 saturated carbocycles. The number of benzene rings is 2. The first kappa shape index (κ1) is 20.0. The summed E-state index contributed by atoms with van der Waals surface area (Å²) in [6.07, 6.45) is 0. The van der Waals surface area contributed by atoms with E-state index in [-0.39, 0.29) is 0 Å². The summed E-state index contributed by atoms with van der Waals surface area (Å²) in [5.74, 6) is 0. The van der Waals surface area contributed by atoms with Crippen LogP contribution in [0.2, 0.25) is 0 Å². The van der Waals surface area contributed by atoms with E-state index in [4.69, 9.17) is 0 Å². The van der Waals surface area contributed by atoms with Crippen LogP contribution < -0.4 is 0 Å². The highest BCUT2D eigenvalue weighted by atomic mass is 14.8. The molecule has 0 spiro atoms. The number of nitrogens with zero attached hydrogens (tertiary/aromatic N) is 4. The average Bonchev–Trinajstić information content (AvgIpc) is 2.79. The van der Waals surface area contributed by atoms with Crippen molar-refractivity contribution in [1.82, 2.24) is 19.9 Å². The van der Waals surface area contributed by atoms with Gasteiger partial charge in [0, 0.05) is 44.3 Å². The fourth-order valence-corrected chi connectivity index (χ4v) is 3.93. The van der Waals surface area contributed by atoms with E-state index in [2.05, 4.69) is 68.5 Å². The van der Waals surface area contributed by atoms with Crippen LogP contribution in [0.4, 0.5) is 0 Å². The third-order valence-corrected chi connectivity index (χ3v) is 5.60. The summed E-state index contributed by atoms with van der Waals surface area (Å²) in [4.78, 5) is 18.3. The molecule has 0 aliphatic carbocycles. The zero-order valence-corrected chi connectivity index (χ0v) is 18.7. The number of aryl methyl sites for hydroxylation is 4. The summed E-state index contributed by atoms with van der Waals surface area (Å²) in [6, 6.07) is 24.9. The van der Waals surface area contributed by atoms with Crippen LogP contribution in [0.1, 0.15) is 22.8 Å². The lowest BCUT2D eigenvalue weighted by atomic mass is 10.1. The molecule has 6 aromatic rings. The van der Waals surface area contributed by atoms with Crippen LogP contribution in [-0.4, -0.2) is 19.9 Å². The molecular weight excluding hydrogens is 392 g/mol. The molecule has 4 nitrogen and oxygen atoms in total. The Hall–Kier alpha value is -3.92. The maximum atomic E-state index is 4.58. The molecular formula is C28H24N4. The van der Waals surface area contributed by atoms with Crippen LogP contribution in [0, 0.1) is 27.7 Å². The van der Waals surface area contributed by atoms with E-state index in [1.165, 1.54) is 0 Å². The largest absolute Gasteiger partial charge is 0.251 e. The number of hydrogen-bond acceptors (Lipinski definition) is 4. The minimum atomic E-state index is 1.00. The van der Waals surface area contributed by atoms with Crippen LogP contribution in [0.15, 0.2) is 72.8 Å². The Balaban J connectivity index is 0.000000135. The summed E-state index contributed by atoms with van der Waals surface area (Å²) in [5, 5.41) is 4.60. The van der Waals surface area contributed by atoms with Gasteiger partial charge < -0.3 is 0 Å². The molecule has 2 aromatic carbocycles. The standard InChI is InChI=1S/2C14H12N2/c2*1-9-3-5-11-7-8-12-6-4-10(2)16-14(12)13(11)15-9/h2*3-8H,1-2H3. The molecule has 0 radical (unpaired) electrons. The first-order chi connectivity index (χ1) is 15.5. The van der Waals surface area contributed by atoms with Crippen molar-refractivity contribution >= 4 is 43.6 Å². The Kier molecular flexibility index (Phi) is 4.98. The molecule has 0 atom stereocenters. The quantitative estimate of drug-likeness (QED) is 0.256. The van der Waals surface area contributed by atoms with Crippen LogP contribution in [0.5, 0.6) is 0 Å². The first-order valence-corrected chi connectivity index (χ1v) is 10.8. The summed E-state index contributed by atoms with van der Waals surface area (Å²) < 4.78 is 0. The second-order valence-electron chi connectivity index (χ2n) is 8.23. The molecule has 4 heteroatoms. The highest BCUT2D eigenvalue weighted by Gasteiger charge is 2.04. The van der Waals surface area contributed by atoms with E-state index >= 15 is 0 Å². The number of hydrogen-bond donors (Lipinski definition) is 0. The van der Waals surface area contributed by atoms with Gasteiger partial charge in [0.2, 0.25) is 0 Å². The molecule has 156 valence electrons. The molecule has 0 fully saturated rings. The fraction of sp³-hybridized carbons (Fsp3) is 0.143. The molecule has 0 aliphatic rings. The lowest BCUT2D eigenvalue weighted by Crippen LogP contribution is -1.89. The first-order valence-electron chi connectivity index (χ1n) is 10.8. The van der Waals surface area contributed by atoms with Crippen molar-refractivity contribution in [3.8, 4) is 0 Å². The summed E-state index contributed by atoms with van der Waals surface area (Å²) in [6.45, 7) is 8.03. The van der Waals surface area contributed by atoms with Gasteiger partial charge >= 0.3 is 0 Å². The van der Waals surface area contributed by atoms with Gasteiger partial charge in [-0.05, 0) is 52.0 Å². The minimum absolute atomic E-state index is 1.00. The summed E-state index contributed by atoms with van der Waals surface area (Å²) >= 11 is 0. The van der Waals surface area contributed by atoms with Gasteiger partial charge in [-0.1, -0.05) is 48.5 Å². The van der Waals surface area contributed by atoms with Gasteiger partial charge in [-0.25, -0.2) is 0 Å². The molecule has 0 N–H and O–H groups in total. The van der Waals surface area contributed by atoms with E-state index in [1.807, 2.05) is 52.0 Å². The third kappa shape index (κ3) is 3.76. The monoisotopic (exact) mass is 416 g/mol. The van der Waals surface area contributed by atoms with Crippen LogP contribution in [0.25, 0.3) is 43.6 Å². The molecule has 0 unspecified atom stereocenters. The lowest BCUT2D eigenvalue weighted by Gasteiger charge is -2.04. The Bertz CT molecular complexity index is 1370. The lowest BCUT2D eigenvalue weighted by molar-refractivity contribution is 1.23. The predicted octanol–water partition coefficient (Wildman–Crippen LogP) is 6.80. The zero-order chi connectivity index (χ0) is 22.2. The summed E-state index contributed by atoms with van der Waals surface area (Å²) in [7, 11) is 0. The number of aromatic nitrogens is 4. The summed E-state index contributed by atoms with van der Waals surface area (Å²) in [5.41, 5.74) is 8.13. The van der Waals surface area contributed by atoms with E-state index in [0.717, 1.165) is 66.4 Å². The molecule has 0 bridgehead atoms. The third-order valence-electron chi connectivity index (χ3n) is 5.60. The van der Waals surface area contributed by atoms with Crippen LogP contribution >= 0.6 is 0 Å². The highest BCUT2D eigenvalue weighted by molar-refractivity contribution is 6.03. The molecule has 32 heavy (non-hydrogen) atoms. The highest BCUT2D eigenvalue weighted by Crippen LogP contribution is 2.23. The Morgan fingerprint density at radius 3 is 0.719 bits per heavy atom. The van der Waals surface area contributed by atoms with Gasteiger partial charge in [0.15, 0.2) is 0 Å². The molecule has 0 saturated heterocycles. The Labute approximate surface area is 187 Å². The van der Waals surface area contributed by atoms with Crippen molar-refractivity contribution < 1.29 is 0 Å². The van der Waals surface area contributed by atoms with E-state index < -0.39 is 0 Å². The topological polar surface area (TPSA) is 51.6 Å². The van der Waals surface area contributed by atoms with Crippen molar-refractivity contribution in [2.75, 3.05) is 0 Å². The maximum absolute atomic E-state index is 4.58. The smallest absolute Gasteiger partial charge is 0.0967 e. The molecule has 4 heterocycles. The number of pyridine rings is 4. The van der Waals surface area contributed by atoms with Gasteiger partial charge in [-0.3, -0.25) is 19.9 Å². The molecule has 0 amide bonds. The Morgan fingerprint density at radius 1 is 0.312 bits per heavy atom. The van der Waals surface area contributed by atoms with Gasteiger partial charge in [-0.15, -0.1) is 0 Å². The predicted molar refractivity (Wildman–Crippen MR) is 133 cm³/mol. The SMILES string of the molecule is Cc1ccc2ccc3ccc(C)nc3c2n1.Cc1ccc2ccc3ccc(C)nc3c2n1. The van der Waals surface area contributed by atoms with Crippen molar-refractivity contribution in [3.05, 3.63) is 95.6 Å². The van der Waals surface area contributed by atoms with E-state index in [1.54, 1.807) is 0 Å². The van der Waals surface area contributed by atoms with Crippen molar-refractivity contribution in [1.29, 1.82) is 0 Å². The van der Waals surface area contributed by atoms with E-state index in [0.29, 0.717) is 0 Å². The minimum Gasteiger partial charge on any atom is -0.251 e. The van der Waals surface area contributed by atoms with Crippen molar-refractivity contribution in [2.24, 2.45) is 0 Å². The van der Waals surface area contributed by atoms with Gasteiger partial charge in [0.25, 0.3) is 0 Å². The van der Waals surface area contributed by atoms with E-state index in [9.17, 15) is 0 Å². The van der Waals surface area contributed by atoms with Crippen molar-refractivity contribution in [2.45, 2.75) is 27.7 Å². The second-order valence-corrected chi connectivity index (χ2v) is 8.23. The van der Waals surface area contributed by atoms with Crippen LogP contribution in [0.3, 0.4) is 0 Å². The number of fused-ring (bicyclic) bond motifs is 6. The van der Waals surface area contributed by atoms with Crippen molar-refractivity contribution in [3.63, 3.8) is 0 Å².